The fourth-order valence-corrected chi connectivity index (χ4v) is 3.15. The number of carboxylic acid groups (broad SMARTS) is 1. The largest absolute Gasteiger partial charge is 0.479 e. The Kier molecular flexibility index (Phi) is 4.84. The van der Waals surface area contributed by atoms with E-state index in [1.54, 1.807) is 13.0 Å². The van der Waals surface area contributed by atoms with Crippen LogP contribution in [0.4, 0.5) is 4.79 Å². The van der Waals surface area contributed by atoms with Gasteiger partial charge in [-0.1, -0.05) is 60.7 Å². The molecule has 3 rings (SSSR count). The lowest BCUT2D eigenvalue weighted by Gasteiger charge is -2.16. The van der Waals surface area contributed by atoms with E-state index in [9.17, 15) is 9.59 Å². The van der Waals surface area contributed by atoms with Crippen molar-refractivity contribution >= 4 is 12.1 Å². The zero-order valence-electron chi connectivity index (χ0n) is 13.8. The smallest absolute Gasteiger partial charge is 0.408 e. The van der Waals surface area contributed by atoms with E-state index in [2.05, 4.69) is 17.4 Å². The van der Waals surface area contributed by atoms with Crippen LogP contribution in [0.1, 0.15) is 24.0 Å². The number of alkyl carbamates (subject to hydrolysis) is 1. The number of ether oxygens (including phenoxy) is 1. The van der Waals surface area contributed by atoms with Crippen molar-refractivity contribution in [3.63, 3.8) is 0 Å². The third-order valence-corrected chi connectivity index (χ3v) is 4.27. The molecule has 1 aliphatic carbocycles. The minimum Gasteiger partial charge on any atom is -0.479 e. The van der Waals surface area contributed by atoms with E-state index in [1.807, 2.05) is 36.4 Å². The predicted octanol–water partition coefficient (Wildman–Crippen LogP) is 3.55. The van der Waals surface area contributed by atoms with Crippen LogP contribution in [0.25, 0.3) is 11.1 Å². The molecule has 0 bridgehead atoms. The molecule has 0 unspecified atom stereocenters. The maximum absolute atomic E-state index is 12.0. The predicted molar refractivity (Wildman–Crippen MR) is 94.4 cm³/mol. The summed E-state index contributed by atoms with van der Waals surface area (Å²) in [5.41, 5.74) is 4.51. The highest BCUT2D eigenvalue weighted by atomic mass is 16.5. The summed E-state index contributed by atoms with van der Waals surface area (Å²) in [5, 5.41) is 11.4. The van der Waals surface area contributed by atoms with Gasteiger partial charge in [0.15, 0.2) is 0 Å². The lowest BCUT2D eigenvalue weighted by atomic mass is 9.98. The van der Waals surface area contributed by atoms with Gasteiger partial charge in [0.25, 0.3) is 0 Å². The third kappa shape index (κ3) is 3.40. The van der Waals surface area contributed by atoms with Crippen molar-refractivity contribution in [1.82, 2.24) is 5.32 Å². The molecule has 0 fully saturated rings. The molecular formula is C20H19NO4. The SMILES string of the molecule is C/C=C/[C@@H](NC(=O)OCC1c2ccccc2-c2ccccc21)C(=O)O. The van der Waals surface area contributed by atoms with Gasteiger partial charge in [-0.15, -0.1) is 0 Å². The number of carbonyl (C=O) groups excluding carboxylic acids is 1. The summed E-state index contributed by atoms with van der Waals surface area (Å²) in [6.07, 6.45) is 2.22. The molecule has 0 aliphatic heterocycles. The molecule has 128 valence electrons. The fraction of sp³-hybridized carbons (Fsp3) is 0.200. The number of fused-ring (bicyclic) bond motifs is 3. The van der Waals surface area contributed by atoms with Crippen LogP contribution in [0, 0.1) is 0 Å². The quantitative estimate of drug-likeness (QED) is 0.818. The molecule has 2 aromatic rings. The van der Waals surface area contributed by atoms with E-state index < -0.39 is 18.1 Å². The van der Waals surface area contributed by atoms with E-state index >= 15 is 0 Å². The zero-order valence-corrected chi connectivity index (χ0v) is 13.8. The summed E-state index contributed by atoms with van der Waals surface area (Å²) in [6.45, 7) is 1.84. The topological polar surface area (TPSA) is 75.6 Å². The average Bonchev–Trinajstić information content (AvgIpc) is 2.93. The van der Waals surface area contributed by atoms with Crippen LogP contribution in [0.3, 0.4) is 0 Å². The van der Waals surface area contributed by atoms with Crippen molar-refractivity contribution in [3.8, 4) is 11.1 Å². The molecule has 25 heavy (non-hydrogen) atoms. The van der Waals surface area contributed by atoms with Gasteiger partial charge in [0.1, 0.15) is 12.6 Å². The highest BCUT2D eigenvalue weighted by Crippen LogP contribution is 2.44. The molecule has 0 radical (unpaired) electrons. The summed E-state index contributed by atoms with van der Waals surface area (Å²) in [6, 6.07) is 15.0. The molecule has 1 atom stereocenters. The minimum atomic E-state index is -1.13. The number of hydrogen-bond donors (Lipinski definition) is 2. The molecule has 1 amide bonds. The Hall–Kier alpha value is -3.08. The van der Waals surface area contributed by atoms with Gasteiger partial charge >= 0.3 is 12.1 Å². The van der Waals surface area contributed by atoms with Gasteiger partial charge in [0.05, 0.1) is 0 Å². The summed E-state index contributed by atoms with van der Waals surface area (Å²) in [5.74, 6) is -1.19. The molecule has 0 aromatic heterocycles. The molecule has 0 saturated heterocycles. The maximum Gasteiger partial charge on any atom is 0.408 e. The highest BCUT2D eigenvalue weighted by molar-refractivity contribution is 5.82. The molecule has 0 spiro atoms. The Labute approximate surface area is 145 Å². The number of carboxylic acids is 1. The van der Waals surface area contributed by atoms with Gasteiger partial charge < -0.3 is 15.2 Å². The van der Waals surface area contributed by atoms with Crippen LogP contribution < -0.4 is 5.32 Å². The van der Waals surface area contributed by atoms with Gasteiger partial charge in [0, 0.05) is 5.92 Å². The summed E-state index contributed by atoms with van der Waals surface area (Å²) >= 11 is 0. The highest BCUT2D eigenvalue weighted by Gasteiger charge is 2.29. The minimum absolute atomic E-state index is 0.0526. The Balaban J connectivity index is 1.73. The second-order valence-electron chi connectivity index (χ2n) is 5.81. The number of allylic oxidation sites excluding steroid dienone is 1. The summed E-state index contributed by atoms with van der Waals surface area (Å²) in [7, 11) is 0. The van der Waals surface area contributed by atoms with Crippen LogP contribution in [0.5, 0.6) is 0 Å². The molecule has 1 aliphatic rings. The molecule has 5 nitrogen and oxygen atoms in total. The third-order valence-electron chi connectivity index (χ3n) is 4.27. The van der Waals surface area contributed by atoms with Gasteiger partial charge in [0.2, 0.25) is 0 Å². The van der Waals surface area contributed by atoms with Crippen molar-refractivity contribution < 1.29 is 19.4 Å². The molecular weight excluding hydrogens is 318 g/mol. The summed E-state index contributed by atoms with van der Waals surface area (Å²) < 4.78 is 5.32. The van der Waals surface area contributed by atoms with Crippen LogP contribution >= 0.6 is 0 Å². The van der Waals surface area contributed by atoms with E-state index in [1.165, 1.54) is 6.08 Å². The molecule has 2 N–H and O–H groups in total. The number of hydrogen-bond acceptors (Lipinski definition) is 3. The van der Waals surface area contributed by atoms with Crippen LogP contribution in [0.2, 0.25) is 0 Å². The van der Waals surface area contributed by atoms with Crippen LogP contribution in [-0.2, 0) is 9.53 Å². The Morgan fingerprint density at radius 3 is 2.20 bits per heavy atom. The van der Waals surface area contributed by atoms with Crippen molar-refractivity contribution in [2.45, 2.75) is 18.9 Å². The zero-order chi connectivity index (χ0) is 17.8. The number of carbonyl (C=O) groups is 2. The first kappa shape index (κ1) is 16.8. The standard InChI is InChI=1S/C20H19NO4/c1-2-7-18(19(22)23)21-20(24)25-12-17-15-10-5-3-8-13(15)14-9-4-6-11-16(14)17/h2-11,17-18H,12H2,1H3,(H,21,24)(H,22,23)/b7-2+/t18-/m1/s1. The van der Waals surface area contributed by atoms with Crippen molar-refractivity contribution in [3.05, 3.63) is 71.8 Å². The van der Waals surface area contributed by atoms with Gasteiger partial charge in [-0.2, -0.15) is 0 Å². The van der Waals surface area contributed by atoms with Crippen LogP contribution in [-0.4, -0.2) is 29.8 Å². The second-order valence-corrected chi connectivity index (χ2v) is 5.81. The van der Waals surface area contributed by atoms with E-state index in [-0.39, 0.29) is 12.5 Å². The first-order valence-electron chi connectivity index (χ1n) is 8.09. The lowest BCUT2D eigenvalue weighted by molar-refractivity contribution is -0.138. The van der Waals surface area contributed by atoms with E-state index in [0.717, 1.165) is 22.3 Å². The molecule has 0 heterocycles. The molecule has 5 heteroatoms. The molecule has 2 aromatic carbocycles. The van der Waals surface area contributed by atoms with Gasteiger partial charge in [-0.3, -0.25) is 0 Å². The average molecular weight is 337 g/mol. The monoisotopic (exact) mass is 337 g/mol. The number of benzene rings is 2. The number of aliphatic carboxylic acids is 1. The van der Waals surface area contributed by atoms with Gasteiger partial charge in [-0.25, -0.2) is 9.59 Å². The van der Waals surface area contributed by atoms with Crippen molar-refractivity contribution in [2.24, 2.45) is 0 Å². The Morgan fingerprint density at radius 2 is 1.68 bits per heavy atom. The maximum atomic E-state index is 12.0. The Morgan fingerprint density at radius 1 is 1.12 bits per heavy atom. The normalized spacial score (nSPS) is 14.0. The fourth-order valence-electron chi connectivity index (χ4n) is 3.15. The number of nitrogens with one attached hydrogen (secondary N) is 1. The van der Waals surface area contributed by atoms with E-state index in [4.69, 9.17) is 9.84 Å². The molecule has 0 saturated carbocycles. The van der Waals surface area contributed by atoms with Crippen LogP contribution in [0.15, 0.2) is 60.7 Å². The number of amides is 1. The van der Waals surface area contributed by atoms with Crippen molar-refractivity contribution in [2.75, 3.05) is 6.61 Å². The first-order valence-corrected chi connectivity index (χ1v) is 8.09. The lowest BCUT2D eigenvalue weighted by Crippen LogP contribution is -2.40. The summed E-state index contributed by atoms with van der Waals surface area (Å²) in [4.78, 5) is 23.1. The van der Waals surface area contributed by atoms with Crippen molar-refractivity contribution in [1.29, 1.82) is 0 Å². The van der Waals surface area contributed by atoms with E-state index in [0.29, 0.717) is 0 Å². The Bertz CT molecular complexity index is 782. The second kappa shape index (κ2) is 7.21. The first-order chi connectivity index (χ1) is 12.1. The van der Waals surface area contributed by atoms with Gasteiger partial charge in [-0.05, 0) is 29.2 Å². The number of rotatable bonds is 5.